The Labute approximate surface area is 183 Å². The van der Waals surface area contributed by atoms with E-state index in [0.717, 1.165) is 27.2 Å². The molecule has 0 aromatic heterocycles. The van der Waals surface area contributed by atoms with Crippen molar-refractivity contribution < 1.29 is 25.2 Å². The highest BCUT2D eigenvalue weighted by atomic mass is 16.6. The number of carbonyl (C=O) groups excluding carboxylic acids is 3. The quantitative estimate of drug-likeness (QED) is 0.715. The minimum Gasteiger partial charge on any atom is -0.458 e. The Kier molecular flexibility index (Phi) is 5.93. The van der Waals surface area contributed by atoms with Crippen LogP contribution in [0.3, 0.4) is 0 Å². The smallest absolute Gasteiger partial charge is 0.410 e. The summed E-state index contributed by atoms with van der Waals surface area (Å²) in [7, 11) is -0.589. The number of esters is 1. The molecule has 164 valence electrons. The van der Waals surface area contributed by atoms with Gasteiger partial charge in [0.05, 0.1) is 6.42 Å². The van der Waals surface area contributed by atoms with Gasteiger partial charge in [-0.3, -0.25) is 9.69 Å². The first-order valence-electron chi connectivity index (χ1n) is 10.7. The van der Waals surface area contributed by atoms with Crippen molar-refractivity contribution in [2.45, 2.75) is 44.8 Å². The maximum atomic E-state index is 12.9. The van der Waals surface area contributed by atoms with Gasteiger partial charge in [-0.1, -0.05) is 48.5 Å². The van der Waals surface area contributed by atoms with E-state index in [-0.39, 0.29) is 12.5 Å². The molecular weight excluding hydrogens is 396 g/mol. The minimum atomic E-state index is -1.33. The van der Waals surface area contributed by atoms with E-state index in [1.54, 1.807) is 20.8 Å². The first-order chi connectivity index (χ1) is 15.1. The zero-order valence-corrected chi connectivity index (χ0v) is 18.0. The molecule has 31 heavy (non-hydrogen) atoms. The second-order valence-electron chi connectivity index (χ2n) is 8.49. The highest BCUT2D eigenvalue weighted by molar-refractivity contribution is 5.87. The van der Waals surface area contributed by atoms with E-state index in [1.807, 2.05) is 48.5 Å². The van der Waals surface area contributed by atoms with E-state index in [4.69, 9.17) is 16.6 Å². The number of nitrogens with two attached hydrogens (primary N) is 1. The lowest BCUT2D eigenvalue weighted by atomic mass is 9.98. The van der Waals surface area contributed by atoms with Crippen molar-refractivity contribution in [3.63, 3.8) is 0 Å². The summed E-state index contributed by atoms with van der Waals surface area (Å²) in [6, 6.07) is 14.5. The average molecular weight is 426 g/mol. The topological polar surface area (TPSA) is 98.9 Å². The highest BCUT2D eigenvalue weighted by Crippen LogP contribution is 2.44. The molecule has 2 aromatic rings. The number of rotatable bonds is 6. The molecule has 0 radical (unpaired) electrons. The maximum Gasteiger partial charge on any atom is 0.410 e. The predicted octanol–water partition coefficient (Wildman–Crippen LogP) is 3.45. The third-order valence-corrected chi connectivity index (χ3v) is 5.02. The molecule has 1 atom stereocenters. The largest absolute Gasteiger partial charge is 0.458 e. The fraction of sp³-hybridized carbons (Fsp3) is 0.375. The number of hydrogen-bond donors (Lipinski definition) is 1. The van der Waals surface area contributed by atoms with Gasteiger partial charge in [0.2, 0.25) is 5.91 Å². The Balaban J connectivity index is 1.78. The summed E-state index contributed by atoms with van der Waals surface area (Å²) in [6.07, 6.45) is -1.34. The summed E-state index contributed by atoms with van der Waals surface area (Å²) in [5.41, 5.74) is 8.70. The van der Waals surface area contributed by atoms with Gasteiger partial charge in [0.25, 0.3) is 0 Å². The van der Waals surface area contributed by atoms with Crippen LogP contribution in [0.5, 0.6) is 0 Å². The highest BCUT2D eigenvalue weighted by Gasteiger charge is 2.35. The number of benzene rings is 2. The number of fused-ring (bicyclic) bond motifs is 3. The van der Waals surface area contributed by atoms with E-state index < -0.39 is 43.1 Å². The molecule has 2 aromatic carbocycles. The van der Waals surface area contributed by atoms with E-state index in [2.05, 4.69) is 0 Å². The van der Waals surface area contributed by atoms with Crippen molar-refractivity contribution >= 4 is 18.0 Å². The number of hydrogen-bond acceptors (Lipinski definition) is 5. The Bertz CT molecular complexity index is 972. The molecule has 0 saturated carbocycles. The van der Waals surface area contributed by atoms with Crippen molar-refractivity contribution in [2.75, 3.05) is 13.6 Å². The van der Waals surface area contributed by atoms with Gasteiger partial charge in [-0.05, 0) is 43.0 Å². The molecule has 3 rings (SSSR count). The fourth-order valence-corrected chi connectivity index (χ4v) is 3.69. The van der Waals surface area contributed by atoms with Crippen LogP contribution in [0.25, 0.3) is 11.1 Å². The molecule has 0 unspecified atom stereocenters. The number of primary amides is 1. The van der Waals surface area contributed by atoms with E-state index in [9.17, 15) is 14.4 Å². The van der Waals surface area contributed by atoms with Gasteiger partial charge in [-0.25, -0.2) is 9.59 Å². The Morgan fingerprint density at radius 3 is 2.10 bits per heavy atom. The SMILES string of the molecule is [2H]CN(C(=O)OCC1c2ccccc2-c2ccccc21)[C@@H](CC(N)=O)C(=O)OC(C)(C)C. The van der Waals surface area contributed by atoms with Gasteiger partial charge in [-0.2, -0.15) is 0 Å². The monoisotopic (exact) mass is 425 g/mol. The molecule has 0 aliphatic heterocycles. The number of amides is 2. The van der Waals surface area contributed by atoms with Crippen LogP contribution in [0.2, 0.25) is 0 Å². The standard InChI is InChI=1S/C24H28N2O5/c1-24(2,3)31-22(28)20(13-21(25)27)26(4)23(29)30-14-19-17-11-7-5-9-15(17)16-10-6-8-12-18(16)19/h5-12,19-20H,13-14H2,1-4H3,(H2,25,27)/t20-/m0/s1/i4D. The third-order valence-electron chi connectivity index (χ3n) is 5.02. The summed E-state index contributed by atoms with van der Waals surface area (Å²) in [5.74, 6) is -1.77. The van der Waals surface area contributed by atoms with Crippen LogP contribution in [0.15, 0.2) is 48.5 Å². The molecule has 0 fully saturated rings. The Morgan fingerprint density at radius 1 is 1.06 bits per heavy atom. The molecule has 2 N–H and O–H groups in total. The van der Waals surface area contributed by atoms with Crippen molar-refractivity contribution in [1.82, 2.24) is 4.90 Å². The second-order valence-corrected chi connectivity index (χ2v) is 8.49. The van der Waals surface area contributed by atoms with Crippen molar-refractivity contribution in [2.24, 2.45) is 5.73 Å². The average Bonchev–Trinajstić information content (AvgIpc) is 3.04. The van der Waals surface area contributed by atoms with Crippen LogP contribution in [0, 0.1) is 0 Å². The Hall–Kier alpha value is -3.35. The molecular formula is C24H28N2O5. The Morgan fingerprint density at radius 2 is 1.61 bits per heavy atom. The molecule has 0 heterocycles. The number of nitrogens with zero attached hydrogens (tertiary/aromatic N) is 1. The van der Waals surface area contributed by atoms with Gasteiger partial charge in [0, 0.05) is 14.3 Å². The number of ether oxygens (including phenoxy) is 2. The molecule has 7 nitrogen and oxygen atoms in total. The van der Waals surface area contributed by atoms with Crippen LogP contribution < -0.4 is 5.73 Å². The number of likely N-dealkylation sites (N-methyl/N-ethyl adjacent to an activating group) is 1. The molecule has 0 bridgehead atoms. The fourth-order valence-electron chi connectivity index (χ4n) is 3.69. The van der Waals surface area contributed by atoms with E-state index in [0.29, 0.717) is 0 Å². The normalized spacial score (nSPS) is 14.1. The zero-order chi connectivity index (χ0) is 23.5. The summed E-state index contributed by atoms with van der Waals surface area (Å²) in [4.78, 5) is 37.9. The van der Waals surface area contributed by atoms with Gasteiger partial charge in [-0.15, -0.1) is 0 Å². The summed E-state index contributed by atoms with van der Waals surface area (Å²) in [6.45, 7) is 5.04. The first-order valence-corrected chi connectivity index (χ1v) is 10.0. The van der Waals surface area contributed by atoms with Crippen LogP contribution in [-0.4, -0.2) is 48.1 Å². The summed E-state index contributed by atoms with van der Waals surface area (Å²) in [5, 5.41) is 0. The van der Waals surface area contributed by atoms with E-state index in [1.165, 1.54) is 0 Å². The van der Waals surface area contributed by atoms with Crippen LogP contribution in [-0.2, 0) is 19.1 Å². The summed E-state index contributed by atoms with van der Waals surface area (Å²) >= 11 is 0. The van der Waals surface area contributed by atoms with Gasteiger partial charge in [0.1, 0.15) is 18.2 Å². The van der Waals surface area contributed by atoms with Gasteiger partial charge in [0.15, 0.2) is 0 Å². The predicted molar refractivity (Wildman–Crippen MR) is 116 cm³/mol. The zero-order valence-electron chi connectivity index (χ0n) is 19.0. The van der Waals surface area contributed by atoms with Crippen LogP contribution in [0.4, 0.5) is 4.79 Å². The van der Waals surface area contributed by atoms with Gasteiger partial charge >= 0.3 is 12.1 Å². The van der Waals surface area contributed by atoms with Crippen LogP contribution >= 0.6 is 0 Å². The maximum absolute atomic E-state index is 12.9. The lowest BCUT2D eigenvalue weighted by Crippen LogP contribution is -2.47. The molecule has 2 amide bonds. The van der Waals surface area contributed by atoms with Crippen molar-refractivity contribution in [3.8, 4) is 11.1 Å². The molecule has 0 spiro atoms. The molecule has 1 aliphatic carbocycles. The third kappa shape index (κ3) is 5.05. The first kappa shape index (κ1) is 20.9. The second kappa shape index (κ2) is 8.79. The van der Waals surface area contributed by atoms with Gasteiger partial charge < -0.3 is 15.2 Å². The van der Waals surface area contributed by atoms with Crippen molar-refractivity contribution in [3.05, 3.63) is 59.7 Å². The van der Waals surface area contributed by atoms with Crippen molar-refractivity contribution in [1.29, 1.82) is 0 Å². The van der Waals surface area contributed by atoms with Crippen LogP contribution in [0.1, 0.15) is 45.6 Å². The minimum absolute atomic E-state index is 0.0287. The number of carbonyl (C=O) groups is 3. The molecule has 0 saturated heterocycles. The summed E-state index contributed by atoms with van der Waals surface area (Å²) < 4.78 is 18.6. The molecule has 7 heteroatoms. The lowest BCUT2D eigenvalue weighted by molar-refractivity contribution is -0.161. The lowest BCUT2D eigenvalue weighted by Gasteiger charge is -2.29. The van der Waals surface area contributed by atoms with E-state index >= 15 is 0 Å². The molecule has 1 aliphatic rings.